The Labute approximate surface area is 116 Å². The van der Waals surface area contributed by atoms with Crippen molar-refractivity contribution in [2.75, 3.05) is 5.73 Å². The molecule has 0 bridgehead atoms. The van der Waals surface area contributed by atoms with Gasteiger partial charge in [-0.1, -0.05) is 41.9 Å². The highest BCUT2D eigenvalue weighted by molar-refractivity contribution is 9.10. The number of nitrogens with zero attached hydrogens (tertiary/aromatic N) is 2. The summed E-state index contributed by atoms with van der Waals surface area (Å²) >= 11 is 3.43. The van der Waals surface area contributed by atoms with Crippen molar-refractivity contribution in [3.8, 4) is 11.3 Å². The molecule has 0 spiro atoms. The molecule has 0 atom stereocenters. The summed E-state index contributed by atoms with van der Waals surface area (Å²) in [6, 6.07) is 10.0. The van der Waals surface area contributed by atoms with Gasteiger partial charge in [-0.05, 0) is 24.5 Å². The number of nitrogen functional groups attached to an aromatic ring is 1. The van der Waals surface area contributed by atoms with Crippen LogP contribution in [0, 0.1) is 5.92 Å². The summed E-state index contributed by atoms with van der Waals surface area (Å²) in [5.74, 6) is 1.39. The second kappa shape index (κ2) is 5.57. The largest absolute Gasteiger partial charge is 0.384 e. The molecule has 0 radical (unpaired) electrons. The zero-order valence-corrected chi connectivity index (χ0v) is 12.3. The fourth-order valence-corrected chi connectivity index (χ4v) is 2.02. The fourth-order valence-electron chi connectivity index (χ4n) is 1.75. The molecule has 1 aromatic heterocycles. The van der Waals surface area contributed by atoms with Crippen LogP contribution in [-0.2, 0) is 6.54 Å². The summed E-state index contributed by atoms with van der Waals surface area (Å²) in [6.45, 7) is 5.28. The second-order valence-electron chi connectivity index (χ2n) is 4.87. The van der Waals surface area contributed by atoms with Gasteiger partial charge in [0.05, 0.1) is 5.69 Å². The highest BCUT2D eigenvalue weighted by Gasteiger charge is 2.07. The van der Waals surface area contributed by atoms with E-state index in [1.807, 2.05) is 35.0 Å². The number of nitrogens with two attached hydrogens (primary N) is 1. The molecule has 0 saturated heterocycles. The maximum absolute atomic E-state index is 5.99. The number of aromatic nitrogens is 2. The molecule has 3 nitrogen and oxygen atoms in total. The summed E-state index contributed by atoms with van der Waals surface area (Å²) in [5.41, 5.74) is 8.01. The molecule has 1 heterocycles. The van der Waals surface area contributed by atoms with Crippen molar-refractivity contribution in [2.45, 2.75) is 26.8 Å². The van der Waals surface area contributed by atoms with E-state index in [1.54, 1.807) is 0 Å². The van der Waals surface area contributed by atoms with E-state index in [-0.39, 0.29) is 0 Å². The van der Waals surface area contributed by atoms with Gasteiger partial charge in [0.25, 0.3) is 0 Å². The Hall–Kier alpha value is -1.29. The standard InChI is InChI=1S/C14H18BrN3/c1-10(2)7-8-18-14(16)9-13(17-18)11-3-5-12(15)6-4-11/h3-6,9-10H,7-8,16H2,1-2H3. The first-order valence-corrected chi connectivity index (χ1v) is 6.95. The van der Waals surface area contributed by atoms with Crippen molar-refractivity contribution in [3.05, 3.63) is 34.8 Å². The molecule has 96 valence electrons. The second-order valence-corrected chi connectivity index (χ2v) is 5.78. The molecular formula is C14H18BrN3. The molecule has 2 rings (SSSR count). The SMILES string of the molecule is CC(C)CCn1nc(-c2ccc(Br)cc2)cc1N. The molecule has 2 aromatic rings. The first kappa shape index (κ1) is 13.1. The zero-order chi connectivity index (χ0) is 13.1. The van der Waals surface area contributed by atoms with Crippen molar-refractivity contribution in [2.24, 2.45) is 5.92 Å². The smallest absolute Gasteiger partial charge is 0.122 e. The Morgan fingerprint density at radius 1 is 1.28 bits per heavy atom. The quantitative estimate of drug-likeness (QED) is 0.929. The van der Waals surface area contributed by atoms with Crippen LogP contribution in [-0.4, -0.2) is 9.78 Å². The number of hydrogen-bond donors (Lipinski definition) is 1. The van der Waals surface area contributed by atoms with E-state index in [2.05, 4.69) is 34.9 Å². The third-order valence-corrected chi connectivity index (χ3v) is 3.40. The lowest BCUT2D eigenvalue weighted by Gasteiger charge is -2.06. The lowest BCUT2D eigenvalue weighted by Crippen LogP contribution is -2.06. The van der Waals surface area contributed by atoms with Crippen molar-refractivity contribution >= 4 is 21.7 Å². The Morgan fingerprint density at radius 3 is 2.56 bits per heavy atom. The summed E-state index contributed by atoms with van der Waals surface area (Å²) in [6.07, 6.45) is 1.09. The van der Waals surface area contributed by atoms with Crippen LogP contribution in [0.3, 0.4) is 0 Å². The number of hydrogen-bond acceptors (Lipinski definition) is 2. The molecule has 0 aliphatic carbocycles. The van der Waals surface area contributed by atoms with E-state index >= 15 is 0 Å². The molecule has 18 heavy (non-hydrogen) atoms. The predicted octanol–water partition coefficient (Wildman–Crippen LogP) is 3.94. The van der Waals surface area contributed by atoms with Gasteiger partial charge in [0.2, 0.25) is 0 Å². The van der Waals surface area contributed by atoms with Gasteiger partial charge in [0.15, 0.2) is 0 Å². The molecule has 1 aromatic carbocycles. The zero-order valence-electron chi connectivity index (χ0n) is 10.7. The molecule has 4 heteroatoms. The van der Waals surface area contributed by atoms with Crippen LogP contribution in [0.25, 0.3) is 11.3 Å². The lowest BCUT2D eigenvalue weighted by atomic mass is 10.1. The molecule has 2 N–H and O–H groups in total. The van der Waals surface area contributed by atoms with E-state index in [0.29, 0.717) is 5.92 Å². The van der Waals surface area contributed by atoms with Crippen LogP contribution in [0.4, 0.5) is 5.82 Å². The molecule has 0 aliphatic heterocycles. The predicted molar refractivity (Wildman–Crippen MR) is 79.2 cm³/mol. The van der Waals surface area contributed by atoms with Gasteiger partial charge in [-0.3, -0.25) is 0 Å². The van der Waals surface area contributed by atoms with E-state index < -0.39 is 0 Å². The Kier molecular flexibility index (Phi) is 4.07. The van der Waals surface area contributed by atoms with Crippen molar-refractivity contribution < 1.29 is 0 Å². The molecular weight excluding hydrogens is 290 g/mol. The Balaban J connectivity index is 2.20. The fraction of sp³-hybridized carbons (Fsp3) is 0.357. The first-order valence-electron chi connectivity index (χ1n) is 6.15. The summed E-state index contributed by atoms with van der Waals surface area (Å²) in [7, 11) is 0. The summed E-state index contributed by atoms with van der Waals surface area (Å²) in [5, 5.41) is 4.56. The van der Waals surface area contributed by atoms with E-state index in [1.165, 1.54) is 0 Å². The Bertz CT molecular complexity index is 514. The van der Waals surface area contributed by atoms with Gasteiger partial charge >= 0.3 is 0 Å². The summed E-state index contributed by atoms with van der Waals surface area (Å²) in [4.78, 5) is 0. The maximum atomic E-state index is 5.99. The van der Waals surface area contributed by atoms with Crippen molar-refractivity contribution in [3.63, 3.8) is 0 Å². The maximum Gasteiger partial charge on any atom is 0.122 e. The minimum Gasteiger partial charge on any atom is -0.384 e. The highest BCUT2D eigenvalue weighted by atomic mass is 79.9. The number of aryl methyl sites for hydroxylation is 1. The topological polar surface area (TPSA) is 43.8 Å². The van der Waals surface area contributed by atoms with Crippen LogP contribution in [0.15, 0.2) is 34.8 Å². The normalized spacial score (nSPS) is 11.1. The van der Waals surface area contributed by atoms with Gasteiger partial charge in [-0.15, -0.1) is 0 Å². The van der Waals surface area contributed by atoms with Gasteiger partial charge < -0.3 is 5.73 Å². The van der Waals surface area contributed by atoms with Gasteiger partial charge in [-0.2, -0.15) is 5.10 Å². The number of anilines is 1. The number of benzene rings is 1. The van der Waals surface area contributed by atoms with Crippen LogP contribution in [0.2, 0.25) is 0 Å². The molecule has 0 unspecified atom stereocenters. The monoisotopic (exact) mass is 307 g/mol. The third-order valence-electron chi connectivity index (χ3n) is 2.87. The molecule has 0 aliphatic rings. The summed E-state index contributed by atoms with van der Waals surface area (Å²) < 4.78 is 2.95. The minimum absolute atomic E-state index is 0.657. The molecule has 0 saturated carbocycles. The van der Waals surface area contributed by atoms with E-state index in [4.69, 9.17) is 5.73 Å². The first-order chi connectivity index (χ1) is 8.56. The lowest BCUT2D eigenvalue weighted by molar-refractivity contribution is 0.492. The van der Waals surface area contributed by atoms with Gasteiger partial charge in [0, 0.05) is 22.6 Å². The number of halogens is 1. The van der Waals surface area contributed by atoms with Crippen LogP contribution in [0.1, 0.15) is 20.3 Å². The van der Waals surface area contributed by atoms with Crippen LogP contribution in [0.5, 0.6) is 0 Å². The number of rotatable bonds is 4. The van der Waals surface area contributed by atoms with Crippen molar-refractivity contribution in [1.82, 2.24) is 9.78 Å². The highest BCUT2D eigenvalue weighted by Crippen LogP contribution is 2.22. The third kappa shape index (κ3) is 3.13. The van der Waals surface area contributed by atoms with Crippen molar-refractivity contribution in [1.29, 1.82) is 0 Å². The van der Waals surface area contributed by atoms with Gasteiger partial charge in [0.1, 0.15) is 5.82 Å². The van der Waals surface area contributed by atoms with Crippen LogP contribution < -0.4 is 5.73 Å². The molecule has 0 amide bonds. The average molecular weight is 308 g/mol. The minimum atomic E-state index is 0.657. The van der Waals surface area contributed by atoms with E-state index in [9.17, 15) is 0 Å². The molecule has 0 fully saturated rings. The van der Waals surface area contributed by atoms with Crippen LogP contribution >= 0.6 is 15.9 Å². The van der Waals surface area contributed by atoms with E-state index in [0.717, 1.165) is 34.5 Å². The van der Waals surface area contributed by atoms with Gasteiger partial charge in [-0.25, -0.2) is 4.68 Å². The Morgan fingerprint density at radius 2 is 1.94 bits per heavy atom. The average Bonchev–Trinajstić information content (AvgIpc) is 2.69.